The van der Waals surface area contributed by atoms with Crippen molar-refractivity contribution in [1.29, 1.82) is 0 Å². The van der Waals surface area contributed by atoms with Gasteiger partial charge in [0.1, 0.15) is 5.75 Å². The summed E-state index contributed by atoms with van der Waals surface area (Å²) in [5, 5.41) is 10.2. The van der Waals surface area contributed by atoms with Crippen molar-refractivity contribution in [1.82, 2.24) is 5.01 Å². The lowest BCUT2D eigenvalue weighted by Crippen LogP contribution is -2.39. The van der Waals surface area contributed by atoms with Gasteiger partial charge in [-0.05, 0) is 42.8 Å². The Morgan fingerprint density at radius 1 is 1.07 bits per heavy atom. The van der Waals surface area contributed by atoms with E-state index in [2.05, 4.69) is 10.3 Å². The average Bonchev–Trinajstić information content (AvgIpc) is 3.19. The van der Waals surface area contributed by atoms with E-state index in [0.717, 1.165) is 5.56 Å². The van der Waals surface area contributed by atoms with Crippen molar-refractivity contribution in [2.45, 2.75) is 25.6 Å². The zero-order chi connectivity index (χ0) is 19.0. The van der Waals surface area contributed by atoms with Crippen LogP contribution >= 0.6 is 11.6 Å². The van der Waals surface area contributed by atoms with Crippen molar-refractivity contribution in [2.24, 2.45) is 10.3 Å². The number of imide groups is 1. The van der Waals surface area contributed by atoms with Gasteiger partial charge in [-0.25, -0.2) is 4.90 Å². The van der Waals surface area contributed by atoms with E-state index in [1.165, 1.54) is 9.91 Å². The standard InChI is InChI=1S/C19H17ClN4O3/c1-2-27-14-9-7-13(8-10-14)24-18(25)16-17(19(24)26)23(22-21-16)11-12-5-3-4-6-15(12)20/h3-10,16-17H,2,11H2,1H3. The largest absolute Gasteiger partial charge is 0.494 e. The highest BCUT2D eigenvalue weighted by Crippen LogP contribution is 2.34. The summed E-state index contributed by atoms with van der Waals surface area (Å²) in [6, 6.07) is 12.6. The van der Waals surface area contributed by atoms with E-state index in [0.29, 0.717) is 29.6 Å². The van der Waals surface area contributed by atoms with Gasteiger partial charge in [0, 0.05) is 5.02 Å². The molecule has 2 atom stereocenters. The number of ether oxygens (including phenoxy) is 1. The molecule has 7 nitrogen and oxygen atoms in total. The molecule has 8 heteroatoms. The Bertz CT molecular complexity index is 915. The van der Waals surface area contributed by atoms with Crippen molar-refractivity contribution >= 4 is 29.1 Å². The molecule has 2 aliphatic heterocycles. The highest BCUT2D eigenvalue weighted by molar-refractivity contribution is 6.31. The molecule has 2 amide bonds. The molecule has 4 rings (SSSR count). The van der Waals surface area contributed by atoms with Crippen molar-refractivity contribution in [3.8, 4) is 5.75 Å². The molecule has 1 fully saturated rings. The van der Waals surface area contributed by atoms with Crippen molar-refractivity contribution in [3.05, 3.63) is 59.1 Å². The van der Waals surface area contributed by atoms with Gasteiger partial charge in [0.15, 0.2) is 12.1 Å². The number of fused-ring (bicyclic) bond motifs is 1. The molecule has 2 aliphatic rings. The molecular weight excluding hydrogens is 368 g/mol. The van der Waals surface area contributed by atoms with Crippen LogP contribution in [0.2, 0.25) is 5.02 Å². The van der Waals surface area contributed by atoms with Gasteiger partial charge in [0.2, 0.25) is 0 Å². The molecule has 0 spiro atoms. The van der Waals surface area contributed by atoms with Gasteiger partial charge in [0.25, 0.3) is 11.8 Å². The molecule has 0 aliphatic carbocycles. The van der Waals surface area contributed by atoms with Crippen molar-refractivity contribution < 1.29 is 14.3 Å². The van der Waals surface area contributed by atoms with Crippen LogP contribution in [0.15, 0.2) is 58.9 Å². The predicted molar refractivity (Wildman–Crippen MR) is 99.5 cm³/mol. The number of halogens is 1. The molecule has 0 N–H and O–H groups in total. The monoisotopic (exact) mass is 384 g/mol. The summed E-state index contributed by atoms with van der Waals surface area (Å²) in [6.07, 6.45) is 0. The number of hydrogen-bond acceptors (Lipinski definition) is 6. The van der Waals surface area contributed by atoms with Crippen LogP contribution in [0.1, 0.15) is 12.5 Å². The molecule has 0 saturated carbocycles. The minimum Gasteiger partial charge on any atom is -0.494 e. The van der Waals surface area contributed by atoms with E-state index in [1.54, 1.807) is 30.3 Å². The summed E-state index contributed by atoms with van der Waals surface area (Å²) in [7, 11) is 0. The number of carbonyl (C=O) groups excluding carboxylic acids is 2. The molecule has 2 heterocycles. The second-order valence-corrected chi connectivity index (χ2v) is 6.63. The van der Waals surface area contributed by atoms with Crippen LogP contribution < -0.4 is 9.64 Å². The first-order chi connectivity index (χ1) is 13.1. The Balaban J connectivity index is 1.57. The summed E-state index contributed by atoms with van der Waals surface area (Å²) < 4.78 is 5.40. The van der Waals surface area contributed by atoms with Gasteiger partial charge in [0.05, 0.1) is 18.8 Å². The van der Waals surface area contributed by atoms with Gasteiger partial charge in [-0.3, -0.25) is 14.6 Å². The second-order valence-electron chi connectivity index (χ2n) is 6.22. The van der Waals surface area contributed by atoms with Gasteiger partial charge in [-0.2, -0.15) is 5.11 Å². The lowest BCUT2D eigenvalue weighted by Gasteiger charge is -2.21. The fraction of sp³-hybridized carbons (Fsp3) is 0.263. The Morgan fingerprint density at radius 3 is 2.52 bits per heavy atom. The predicted octanol–water partition coefficient (Wildman–Crippen LogP) is 3.23. The summed E-state index contributed by atoms with van der Waals surface area (Å²) in [4.78, 5) is 26.9. The van der Waals surface area contributed by atoms with Gasteiger partial charge in [-0.15, -0.1) is 0 Å². The number of rotatable bonds is 5. The van der Waals surface area contributed by atoms with Gasteiger partial charge < -0.3 is 4.74 Å². The summed E-state index contributed by atoms with van der Waals surface area (Å²) >= 11 is 6.20. The molecule has 27 heavy (non-hydrogen) atoms. The third-order valence-electron chi connectivity index (χ3n) is 4.55. The third-order valence-corrected chi connectivity index (χ3v) is 4.92. The van der Waals surface area contributed by atoms with E-state index in [4.69, 9.17) is 16.3 Å². The Morgan fingerprint density at radius 2 is 1.81 bits per heavy atom. The summed E-state index contributed by atoms with van der Waals surface area (Å²) in [6.45, 7) is 2.74. The molecule has 0 bridgehead atoms. The molecule has 0 aromatic heterocycles. The van der Waals surface area contributed by atoms with Crippen LogP contribution in [0.4, 0.5) is 5.69 Å². The fourth-order valence-electron chi connectivity index (χ4n) is 3.27. The molecule has 0 radical (unpaired) electrons. The Kier molecular flexibility index (Phi) is 4.53. The molecule has 1 saturated heterocycles. The maximum Gasteiger partial charge on any atom is 0.263 e. The zero-order valence-electron chi connectivity index (χ0n) is 14.6. The van der Waals surface area contributed by atoms with E-state index >= 15 is 0 Å². The average molecular weight is 385 g/mol. The Hall–Kier alpha value is -2.93. The van der Waals surface area contributed by atoms with E-state index < -0.39 is 12.1 Å². The molecule has 2 unspecified atom stereocenters. The van der Waals surface area contributed by atoms with E-state index in [9.17, 15) is 9.59 Å². The normalized spacial score (nSPS) is 21.1. The molecule has 138 valence electrons. The fourth-order valence-corrected chi connectivity index (χ4v) is 3.46. The van der Waals surface area contributed by atoms with Crippen LogP contribution in [0.3, 0.4) is 0 Å². The van der Waals surface area contributed by atoms with Crippen LogP contribution in [0.25, 0.3) is 0 Å². The quantitative estimate of drug-likeness (QED) is 0.742. The van der Waals surface area contributed by atoms with Crippen molar-refractivity contribution in [2.75, 3.05) is 11.5 Å². The van der Waals surface area contributed by atoms with Gasteiger partial charge in [-0.1, -0.05) is 35.0 Å². The molecular formula is C19H17ClN4O3. The maximum atomic E-state index is 13.0. The molecule has 2 aromatic carbocycles. The summed E-state index contributed by atoms with van der Waals surface area (Å²) in [5.41, 5.74) is 1.31. The van der Waals surface area contributed by atoms with Crippen LogP contribution in [0, 0.1) is 0 Å². The number of nitrogens with zero attached hydrogens (tertiary/aromatic N) is 4. The number of anilines is 1. The highest BCUT2D eigenvalue weighted by Gasteiger charge is 2.54. The van der Waals surface area contributed by atoms with Crippen LogP contribution in [-0.2, 0) is 16.1 Å². The first-order valence-corrected chi connectivity index (χ1v) is 8.99. The third kappa shape index (κ3) is 3.04. The SMILES string of the molecule is CCOc1ccc(N2C(=O)C3N=NN(Cc4ccccc4Cl)C3C2=O)cc1. The first kappa shape index (κ1) is 17.5. The number of amides is 2. The van der Waals surface area contributed by atoms with Crippen LogP contribution in [0.5, 0.6) is 5.75 Å². The number of carbonyl (C=O) groups is 2. The minimum atomic E-state index is -0.827. The number of benzene rings is 2. The highest BCUT2D eigenvalue weighted by atomic mass is 35.5. The maximum absolute atomic E-state index is 13.0. The van der Waals surface area contributed by atoms with Gasteiger partial charge >= 0.3 is 0 Å². The Labute approximate surface area is 161 Å². The smallest absolute Gasteiger partial charge is 0.263 e. The second kappa shape index (κ2) is 7.00. The van der Waals surface area contributed by atoms with E-state index in [-0.39, 0.29) is 11.8 Å². The van der Waals surface area contributed by atoms with E-state index in [1.807, 2.05) is 25.1 Å². The van der Waals surface area contributed by atoms with Crippen LogP contribution in [-0.4, -0.2) is 35.5 Å². The van der Waals surface area contributed by atoms with Crippen molar-refractivity contribution in [3.63, 3.8) is 0 Å². The lowest BCUT2D eigenvalue weighted by atomic mass is 10.1. The first-order valence-electron chi connectivity index (χ1n) is 8.61. The summed E-state index contributed by atoms with van der Waals surface area (Å²) in [5.74, 6) is -0.0358. The lowest BCUT2D eigenvalue weighted by molar-refractivity contribution is -0.123. The minimum absolute atomic E-state index is 0.306. The number of hydrogen-bond donors (Lipinski definition) is 0. The topological polar surface area (TPSA) is 74.6 Å². The molecule has 2 aromatic rings. The zero-order valence-corrected chi connectivity index (χ0v) is 15.3.